The molecule has 0 radical (unpaired) electrons. The fourth-order valence-corrected chi connectivity index (χ4v) is 3.27. The number of amides is 1. The molecule has 1 amide bonds. The van der Waals surface area contributed by atoms with Gasteiger partial charge in [0.25, 0.3) is 5.91 Å². The molecule has 2 aromatic rings. The van der Waals surface area contributed by atoms with Gasteiger partial charge in [0, 0.05) is 37.4 Å². The topological polar surface area (TPSA) is 56.7 Å². The minimum Gasteiger partial charge on any atom is -0.352 e. The van der Waals surface area contributed by atoms with Gasteiger partial charge in [0.1, 0.15) is 0 Å². The third-order valence-electron chi connectivity index (χ3n) is 4.98. The van der Waals surface area contributed by atoms with Crippen molar-refractivity contribution in [1.82, 2.24) is 10.6 Å². The van der Waals surface area contributed by atoms with Gasteiger partial charge in [0.05, 0.1) is 0 Å². The number of nitrogens with one attached hydrogen (secondary N) is 2. The van der Waals surface area contributed by atoms with Crippen LogP contribution in [0, 0.1) is 0 Å². The molecule has 1 aliphatic rings. The Morgan fingerprint density at radius 2 is 2.04 bits per heavy atom. The highest BCUT2D eigenvalue weighted by atomic mass is 16.1. The third kappa shape index (κ3) is 4.48. The first kappa shape index (κ1) is 19.0. The van der Waals surface area contributed by atoms with Crippen LogP contribution in [-0.4, -0.2) is 31.5 Å². The van der Waals surface area contributed by atoms with Crippen molar-refractivity contribution in [3.05, 3.63) is 65.2 Å². The molecule has 1 aliphatic heterocycles. The van der Waals surface area contributed by atoms with E-state index in [0.29, 0.717) is 12.1 Å². The van der Waals surface area contributed by atoms with E-state index in [2.05, 4.69) is 51.7 Å². The molecular weight excluding hydrogens is 336 g/mol. The molecule has 0 bridgehead atoms. The fraction of sp³-hybridized carbons (Fsp3) is 0.364. The van der Waals surface area contributed by atoms with Crippen molar-refractivity contribution in [2.24, 2.45) is 4.99 Å². The van der Waals surface area contributed by atoms with E-state index in [1.165, 1.54) is 11.3 Å². The molecule has 0 spiro atoms. The number of fused-ring (bicyclic) bond motifs is 1. The summed E-state index contributed by atoms with van der Waals surface area (Å²) in [5.74, 6) is 0.832. The molecule has 0 saturated heterocycles. The number of anilines is 1. The standard InChI is InChI=1S/C22H28N4O/c1-4-16(2)25-21(27)19-10-7-8-17(14-19)15-24-22(23-3)26-13-12-18-9-5-6-11-20(18)26/h5-11,14,16H,4,12-13,15H2,1-3H3,(H,23,24)(H,25,27). The van der Waals surface area contributed by atoms with E-state index in [9.17, 15) is 4.79 Å². The van der Waals surface area contributed by atoms with Crippen LogP contribution in [0.5, 0.6) is 0 Å². The van der Waals surface area contributed by atoms with Crippen molar-refractivity contribution in [2.45, 2.75) is 39.3 Å². The lowest BCUT2D eigenvalue weighted by Gasteiger charge is -2.22. The second-order valence-electron chi connectivity index (χ2n) is 6.91. The predicted molar refractivity (Wildman–Crippen MR) is 111 cm³/mol. The highest BCUT2D eigenvalue weighted by Gasteiger charge is 2.22. The molecule has 142 valence electrons. The summed E-state index contributed by atoms with van der Waals surface area (Å²) in [7, 11) is 1.80. The maximum absolute atomic E-state index is 12.3. The Hall–Kier alpha value is -2.82. The normalized spacial score (nSPS) is 14.6. The van der Waals surface area contributed by atoms with Crippen LogP contribution in [0.25, 0.3) is 0 Å². The second kappa shape index (κ2) is 8.71. The Labute approximate surface area is 161 Å². The summed E-state index contributed by atoms with van der Waals surface area (Å²) in [4.78, 5) is 19.0. The largest absolute Gasteiger partial charge is 0.352 e. The Bertz CT molecular complexity index is 831. The maximum atomic E-state index is 12.3. The van der Waals surface area contributed by atoms with Crippen molar-refractivity contribution >= 4 is 17.6 Å². The quantitative estimate of drug-likeness (QED) is 0.632. The zero-order valence-electron chi connectivity index (χ0n) is 16.3. The molecule has 5 heteroatoms. The van der Waals surface area contributed by atoms with Crippen LogP contribution in [-0.2, 0) is 13.0 Å². The fourth-order valence-electron chi connectivity index (χ4n) is 3.27. The first-order valence-electron chi connectivity index (χ1n) is 9.58. The lowest BCUT2D eigenvalue weighted by molar-refractivity contribution is 0.0939. The Morgan fingerprint density at radius 3 is 2.81 bits per heavy atom. The molecule has 2 N–H and O–H groups in total. The summed E-state index contributed by atoms with van der Waals surface area (Å²) in [6, 6.07) is 16.4. The van der Waals surface area contributed by atoms with Gasteiger partial charge in [-0.15, -0.1) is 0 Å². The number of carbonyl (C=O) groups excluding carboxylic acids is 1. The number of hydrogen-bond acceptors (Lipinski definition) is 2. The van der Waals surface area contributed by atoms with Crippen molar-refractivity contribution in [3.8, 4) is 0 Å². The maximum Gasteiger partial charge on any atom is 0.251 e. The number of carbonyl (C=O) groups is 1. The summed E-state index contributed by atoms with van der Waals surface area (Å²) in [6.45, 7) is 5.63. The summed E-state index contributed by atoms with van der Waals surface area (Å²) in [5.41, 5.74) is 4.31. The molecule has 3 rings (SSSR count). The van der Waals surface area contributed by atoms with Gasteiger partial charge >= 0.3 is 0 Å². The first-order chi connectivity index (χ1) is 13.1. The number of rotatable bonds is 5. The van der Waals surface area contributed by atoms with E-state index < -0.39 is 0 Å². The van der Waals surface area contributed by atoms with Crippen molar-refractivity contribution in [3.63, 3.8) is 0 Å². The van der Waals surface area contributed by atoms with Gasteiger partial charge in [-0.1, -0.05) is 37.3 Å². The Morgan fingerprint density at radius 1 is 1.22 bits per heavy atom. The van der Waals surface area contributed by atoms with Gasteiger partial charge in [-0.2, -0.15) is 0 Å². The average molecular weight is 364 g/mol. The summed E-state index contributed by atoms with van der Waals surface area (Å²) < 4.78 is 0. The molecule has 1 unspecified atom stereocenters. The monoisotopic (exact) mass is 364 g/mol. The van der Waals surface area contributed by atoms with Gasteiger partial charge in [0.15, 0.2) is 5.96 Å². The molecule has 1 heterocycles. The van der Waals surface area contributed by atoms with Crippen LogP contribution >= 0.6 is 0 Å². The number of guanidine groups is 1. The van der Waals surface area contributed by atoms with E-state index in [1.807, 2.05) is 31.2 Å². The zero-order valence-corrected chi connectivity index (χ0v) is 16.3. The molecule has 0 fully saturated rings. The van der Waals surface area contributed by atoms with Crippen LogP contribution < -0.4 is 15.5 Å². The average Bonchev–Trinajstić information content (AvgIpc) is 3.13. The van der Waals surface area contributed by atoms with Gasteiger partial charge in [-0.3, -0.25) is 9.79 Å². The van der Waals surface area contributed by atoms with Gasteiger partial charge in [-0.05, 0) is 49.1 Å². The number of nitrogens with zero attached hydrogens (tertiary/aromatic N) is 2. The van der Waals surface area contributed by atoms with Crippen LogP contribution in [0.2, 0.25) is 0 Å². The zero-order chi connectivity index (χ0) is 19.2. The van der Waals surface area contributed by atoms with Crippen LogP contribution in [0.4, 0.5) is 5.69 Å². The molecule has 0 aromatic heterocycles. The minimum atomic E-state index is -0.0240. The highest BCUT2D eigenvalue weighted by Crippen LogP contribution is 2.27. The van der Waals surface area contributed by atoms with Gasteiger partial charge < -0.3 is 15.5 Å². The molecular formula is C22H28N4O. The molecule has 2 aromatic carbocycles. The number of benzene rings is 2. The lowest BCUT2D eigenvalue weighted by atomic mass is 10.1. The minimum absolute atomic E-state index is 0.0240. The van der Waals surface area contributed by atoms with Crippen molar-refractivity contribution in [1.29, 1.82) is 0 Å². The SMILES string of the molecule is CCC(C)NC(=O)c1cccc(CNC(=NC)N2CCc3ccccc32)c1. The van der Waals surface area contributed by atoms with Crippen LogP contribution in [0.15, 0.2) is 53.5 Å². The van der Waals surface area contributed by atoms with E-state index in [0.717, 1.165) is 30.9 Å². The summed E-state index contributed by atoms with van der Waals surface area (Å²) >= 11 is 0. The van der Waals surface area contributed by atoms with E-state index in [4.69, 9.17) is 0 Å². The van der Waals surface area contributed by atoms with E-state index in [1.54, 1.807) is 7.05 Å². The second-order valence-corrected chi connectivity index (χ2v) is 6.91. The highest BCUT2D eigenvalue weighted by molar-refractivity contribution is 5.98. The number of hydrogen-bond donors (Lipinski definition) is 2. The molecule has 0 saturated carbocycles. The van der Waals surface area contributed by atoms with E-state index in [-0.39, 0.29) is 11.9 Å². The van der Waals surface area contributed by atoms with Gasteiger partial charge in [0.2, 0.25) is 0 Å². The van der Waals surface area contributed by atoms with Crippen molar-refractivity contribution < 1.29 is 4.79 Å². The molecule has 27 heavy (non-hydrogen) atoms. The van der Waals surface area contributed by atoms with Gasteiger partial charge in [-0.25, -0.2) is 0 Å². The molecule has 0 aliphatic carbocycles. The third-order valence-corrected chi connectivity index (χ3v) is 4.98. The molecule has 1 atom stereocenters. The van der Waals surface area contributed by atoms with E-state index >= 15 is 0 Å². The summed E-state index contributed by atoms with van der Waals surface area (Å²) in [5, 5.41) is 6.44. The predicted octanol–water partition coefficient (Wildman–Crippen LogP) is 3.35. The number of para-hydroxylation sites is 1. The van der Waals surface area contributed by atoms with Crippen LogP contribution in [0.1, 0.15) is 41.8 Å². The van der Waals surface area contributed by atoms with Crippen LogP contribution in [0.3, 0.4) is 0 Å². The summed E-state index contributed by atoms with van der Waals surface area (Å²) in [6.07, 6.45) is 1.95. The Kier molecular flexibility index (Phi) is 6.12. The van der Waals surface area contributed by atoms with Crippen molar-refractivity contribution in [2.75, 3.05) is 18.5 Å². The first-order valence-corrected chi connectivity index (χ1v) is 9.58. The molecule has 5 nitrogen and oxygen atoms in total. The lowest BCUT2D eigenvalue weighted by Crippen LogP contribution is -2.40. The smallest absolute Gasteiger partial charge is 0.251 e. The Balaban J connectivity index is 1.66. The number of aliphatic imine (C=N–C) groups is 1.